The number of hydrogen-bond donors (Lipinski definition) is 4. The monoisotopic (exact) mass is 945 g/mol. The van der Waals surface area contributed by atoms with E-state index in [-0.39, 0.29) is 19.6 Å². The molecule has 0 aromatic carbocycles. The van der Waals surface area contributed by atoms with Crippen molar-refractivity contribution < 1.29 is 56.2 Å². The molecule has 0 amide bonds. The molecule has 382 valence electrons. The largest absolute Gasteiger partial charge is 0.457 e. The Morgan fingerprint density at radius 1 is 0.600 bits per heavy atom. The Labute approximate surface area is 396 Å². The van der Waals surface area contributed by atoms with Crippen molar-refractivity contribution in [2.24, 2.45) is 0 Å². The molecule has 1 heterocycles. The van der Waals surface area contributed by atoms with Crippen LogP contribution in [0.4, 0.5) is 0 Å². The van der Waals surface area contributed by atoms with E-state index >= 15 is 0 Å². The van der Waals surface area contributed by atoms with Crippen molar-refractivity contribution in [2.45, 2.75) is 263 Å². The number of aliphatic hydroxyl groups is 3. The highest BCUT2D eigenvalue weighted by atomic mass is 32.3. The number of esters is 1. The van der Waals surface area contributed by atoms with E-state index in [0.29, 0.717) is 13.0 Å². The fourth-order valence-corrected chi connectivity index (χ4v) is 8.61. The van der Waals surface area contributed by atoms with Crippen molar-refractivity contribution in [3.8, 4) is 0 Å². The van der Waals surface area contributed by atoms with Gasteiger partial charge in [-0.05, 0) is 44.9 Å². The van der Waals surface area contributed by atoms with Gasteiger partial charge in [-0.1, -0.05) is 211 Å². The minimum atomic E-state index is -5.07. The SMILES string of the molecule is CC/C=C\C/C=C\C/C=C\CCCCCCCCOCC(COC1OC(CO)C(O)C(OS(=O)(=O)O)C1O)OC(=O)CCCCCCCCCCCCCCCCCCCCCCCC. The molecule has 0 radical (unpaired) electrons. The fraction of sp³-hybridized carbons (Fsp3) is 0.865. The van der Waals surface area contributed by atoms with Gasteiger partial charge in [-0.3, -0.25) is 9.35 Å². The van der Waals surface area contributed by atoms with Crippen LogP contribution < -0.4 is 0 Å². The van der Waals surface area contributed by atoms with Crippen molar-refractivity contribution in [3.05, 3.63) is 36.5 Å². The first-order chi connectivity index (χ1) is 31.6. The summed E-state index contributed by atoms with van der Waals surface area (Å²) in [5, 5.41) is 30.8. The molecule has 12 nitrogen and oxygen atoms in total. The van der Waals surface area contributed by atoms with Crippen LogP contribution in [-0.4, -0.2) is 97.5 Å². The minimum Gasteiger partial charge on any atom is -0.457 e. The van der Waals surface area contributed by atoms with Crippen LogP contribution in [-0.2, 0) is 38.3 Å². The highest BCUT2D eigenvalue weighted by Crippen LogP contribution is 2.26. The summed E-state index contributed by atoms with van der Waals surface area (Å²) in [6, 6.07) is 0. The molecule has 6 unspecified atom stereocenters. The molecule has 0 spiro atoms. The first-order valence-electron chi connectivity index (χ1n) is 26.2. The van der Waals surface area contributed by atoms with Crippen LogP contribution in [0.15, 0.2) is 36.5 Å². The lowest BCUT2D eigenvalue weighted by Crippen LogP contribution is -2.60. The summed E-state index contributed by atoms with van der Waals surface area (Å²) in [7, 11) is -5.07. The van der Waals surface area contributed by atoms with E-state index in [1.165, 1.54) is 128 Å². The zero-order chi connectivity index (χ0) is 47.5. The van der Waals surface area contributed by atoms with Gasteiger partial charge in [0.05, 0.1) is 19.8 Å². The summed E-state index contributed by atoms with van der Waals surface area (Å²) in [4.78, 5) is 12.9. The van der Waals surface area contributed by atoms with Crippen molar-refractivity contribution in [3.63, 3.8) is 0 Å². The summed E-state index contributed by atoms with van der Waals surface area (Å²) in [5.41, 5.74) is 0. The molecular formula is C52H96O12S. The van der Waals surface area contributed by atoms with Crippen LogP contribution in [0.25, 0.3) is 0 Å². The second-order valence-electron chi connectivity index (χ2n) is 18.1. The predicted octanol–water partition coefficient (Wildman–Crippen LogP) is 12.1. The molecule has 0 aromatic rings. The molecule has 0 saturated carbocycles. The number of aliphatic hydroxyl groups excluding tert-OH is 3. The van der Waals surface area contributed by atoms with E-state index in [9.17, 15) is 33.1 Å². The van der Waals surface area contributed by atoms with Gasteiger partial charge in [-0.15, -0.1) is 0 Å². The molecular weight excluding hydrogens is 849 g/mol. The summed E-state index contributed by atoms with van der Waals surface area (Å²) in [5.74, 6) is -0.400. The van der Waals surface area contributed by atoms with Gasteiger partial charge in [0, 0.05) is 13.0 Å². The minimum absolute atomic E-state index is 0.0296. The number of ether oxygens (including phenoxy) is 4. The summed E-state index contributed by atoms with van der Waals surface area (Å²) < 4.78 is 59.2. The smallest absolute Gasteiger partial charge is 0.397 e. The summed E-state index contributed by atoms with van der Waals surface area (Å²) >= 11 is 0. The molecule has 13 heteroatoms. The molecule has 65 heavy (non-hydrogen) atoms. The summed E-state index contributed by atoms with van der Waals surface area (Å²) in [6.07, 6.45) is 43.2. The maximum Gasteiger partial charge on any atom is 0.397 e. The van der Waals surface area contributed by atoms with Crippen LogP contribution in [0.2, 0.25) is 0 Å². The van der Waals surface area contributed by atoms with Crippen molar-refractivity contribution in [2.75, 3.05) is 26.4 Å². The third kappa shape index (κ3) is 37.0. The number of unbranched alkanes of at least 4 members (excludes halogenated alkanes) is 27. The van der Waals surface area contributed by atoms with Crippen LogP contribution in [0.5, 0.6) is 0 Å². The summed E-state index contributed by atoms with van der Waals surface area (Å²) in [6.45, 7) is 3.89. The zero-order valence-corrected chi connectivity index (χ0v) is 41.9. The lowest BCUT2D eigenvalue weighted by Gasteiger charge is -2.41. The number of allylic oxidation sites excluding steroid dienone is 6. The van der Waals surface area contributed by atoms with Crippen molar-refractivity contribution in [1.29, 1.82) is 0 Å². The Balaban J connectivity index is 2.33. The molecule has 1 fully saturated rings. The average Bonchev–Trinajstić information content (AvgIpc) is 3.28. The Hall–Kier alpha value is -1.68. The van der Waals surface area contributed by atoms with Gasteiger partial charge in [0.25, 0.3) is 0 Å². The van der Waals surface area contributed by atoms with Crippen LogP contribution in [0.1, 0.15) is 226 Å². The third-order valence-electron chi connectivity index (χ3n) is 12.0. The van der Waals surface area contributed by atoms with Gasteiger partial charge in [-0.25, -0.2) is 4.18 Å². The predicted molar refractivity (Wildman–Crippen MR) is 262 cm³/mol. The molecule has 6 atom stereocenters. The van der Waals surface area contributed by atoms with E-state index in [2.05, 4.69) is 54.5 Å². The maximum atomic E-state index is 12.9. The molecule has 1 rings (SSSR count). The average molecular weight is 945 g/mol. The van der Waals surface area contributed by atoms with Gasteiger partial charge >= 0.3 is 16.4 Å². The lowest BCUT2D eigenvalue weighted by molar-refractivity contribution is -0.301. The number of hydrogen-bond acceptors (Lipinski definition) is 11. The topological polar surface area (TPSA) is 178 Å². The van der Waals surface area contributed by atoms with Gasteiger partial charge in [0.2, 0.25) is 0 Å². The van der Waals surface area contributed by atoms with Crippen LogP contribution in [0, 0.1) is 0 Å². The Morgan fingerprint density at radius 3 is 1.55 bits per heavy atom. The van der Waals surface area contributed by atoms with Crippen LogP contribution >= 0.6 is 0 Å². The Bertz CT molecular complexity index is 1270. The van der Waals surface area contributed by atoms with E-state index in [1.54, 1.807) is 0 Å². The first kappa shape index (κ1) is 61.3. The van der Waals surface area contributed by atoms with Crippen LogP contribution in [0.3, 0.4) is 0 Å². The van der Waals surface area contributed by atoms with Gasteiger partial charge in [0.15, 0.2) is 6.29 Å². The second kappa shape index (κ2) is 43.6. The molecule has 1 aliphatic heterocycles. The quantitative estimate of drug-likeness (QED) is 0.0197. The molecule has 0 bridgehead atoms. The Morgan fingerprint density at radius 2 is 1.06 bits per heavy atom. The standard InChI is InChI=1S/C52H96O12S/c1-3-5-7-9-11-13-15-17-19-21-22-23-24-25-26-27-29-31-33-35-37-39-41-48(54)62-46(45-61-52-50(56)51(64-65(57,58)59)49(55)47(43-53)63-52)44-60-42-40-38-36-34-32-30-28-20-18-16-14-12-10-8-6-4-2/h6,8,12,14,18,20,46-47,49-53,55-56H,3-5,7,9-11,13,15-17,19,21-45H2,1-2H3,(H,57,58,59)/b8-6-,14-12-,20-18-. The Kier molecular flexibility index (Phi) is 41.1. The first-order valence-corrected chi connectivity index (χ1v) is 27.6. The van der Waals surface area contributed by atoms with E-state index in [4.69, 9.17) is 18.9 Å². The molecule has 4 N–H and O–H groups in total. The number of carbonyl (C=O) groups is 1. The number of carbonyl (C=O) groups excluding carboxylic acids is 1. The molecule has 0 aliphatic carbocycles. The van der Waals surface area contributed by atoms with Gasteiger partial charge in [-0.2, -0.15) is 8.42 Å². The van der Waals surface area contributed by atoms with Crippen molar-refractivity contribution >= 4 is 16.4 Å². The van der Waals surface area contributed by atoms with Crippen molar-refractivity contribution in [1.82, 2.24) is 0 Å². The third-order valence-corrected chi connectivity index (χ3v) is 12.5. The van der Waals surface area contributed by atoms with Gasteiger partial charge in [0.1, 0.15) is 30.5 Å². The highest BCUT2D eigenvalue weighted by Gasteiger charge is 2.48. The second-order valence-corrected chi connectivity index (χ2v) is 19.1. The van der Waals surface area contributed by atoms with E-state index < -0.39 is 59.8 Å². The van der Waals surface area contributed by atoms with Gasteiger partial charge < -0.3 is 34.3 Å². The highest BCUT2D eigenvalue weighted by molar-refractivity contribution is 7.80. The normalized spacial score (nSPS) is 19.9. The van der Waals surface area contributed by atoms with E-state index in [0.717, 1.165) is 70.6 Å². The number of rotatable bonds is 46. The van der Waals surface area contributed by atoms with E-state index in [1.807, 2.05) is 0 Å². The zero-order valence-electron chi connectivity index (χ0n) is 41.1. The fourth-order valence-electron chi connectivity index (χ4n) is 8.10. The molecule has 1 saturated heterocycles. The maximum absolute atomic E-state index is 12.9. The molecule has 1 aliphatic rings. The lowest BCUT2D eigenvalue weighted by atomic mass is 9.99. The molecule has 0 aromatic heterocycles.